The molecule has 242 valence electrons. The van der Waals surface area contributed by atoms with E-state index in [0.717, 1.165) is 27.5 Å². The van der Waals surface area contributed by atoms with Gasteiger partial charge in [-0.3, -0.25) is 0 Å². The summed E-state index contributed by atoms with van der Waals surface area (Å²) < 4.78 is 15.1. The number of halogens is 1. The third kappa shape index (κ3) is 5.00. The highest BCUT2D eigenvalue weighted by Crippen LogP contribution is 2.40. The number of hydrogen-bond acceptors (Lipinski definition) is 2. The fraction of sp³-hybridized carbons (Fsp3) is 0. The maximum atomic E-state index is 7.34. The van der Waals surface area contributed by atoms with Crippen LogP contribution < -0.4 is 71.0 Å². The molecule has 3 nitrogen and oxygen atoms in total. The minimum absolute atomic E-state index is 0.00330. The zero-order chi connectivity index (χ0) is 41.7. The SMILES string of the molecule is [B]c1c([B])c([B])c2c(oc3c(-c4c([B])c([B])c5c(c4[B])c4c([B])c(Br)c([B])c([B])c4n5-c4ccccc4-c4cccc5c4oc4ccccc45)c([B])c([B])c([B])c32)c1[B]. The highest BCUT2D eigenvalue weighted by Gasteiger charge is 2.29. The minimum atomic E-state index is -0.00443. The fourth-order valence-electron chi connectivity index (χ4n) is 8.65. The van der Waals surface area contributed by atoms with E-state index < -0.39 is 0 Å². The molecule has 0 aliphatic carbocycles. The first-order valence-corrected chi connectivity index (χ1v) is 18.9. The van der Waals surface area contributed by atoms with Crippen LogP contribution >= 0.6 is 15.9 Å². The van der Waals surface area contributed by atoms with Crippen LogP contribution in [0.4, 0.5) is 0 Å². The van der Waals surface area contributed by atoms with Gasteiger partial charge in [-0.1, -0.05) is 125 Å². The van der Waals surface area contributed by atoms with Gasteiger partial charge in [-0.25, -0.2) is 0 Å². The van der Waals surface area contributed by atoms with E-state index in [2.05, 4.69) is 15.9 Å². The summed E-state index contributed by atoms with van der Waals surface area (Å²) in [5, 5.41) is 3.28. The van der Waals surface area contributed by atoms with E-state index in [1.807, 2.05) is 71.3 Å². The molecule has 7 aromatic carbocycles. The van der Waals surface area contributed by atoms with Gasteiger partial charge >= 0.3 is 0 Å². The summed E-state index contributed by atoms with van der Waals surface area (Å²) >= 11 is 3.57. The molecule has 0 unspecified atom stereocenters. The predicted octanol–water partition coefficient (Wildman–Crippen LogP) is -3.00. The summed E-state index contributed by atoms with van der Waals surface area (Å²) in [6, 6.07) is 21.5. The average molecular weight is 782 g/mol. The molecule has 0 N–H and O–H groups in total. The van der Waals surface area contributed by atoms with Crippen molar-refractivity contribution in [2.75, 3.05) is 0 Å². The molecule has 10 rings (SSSR count). The van der Waals surface area contributed by atoms with Gasteiger partial charge in [0.05, 0.1) is 5.69 Å². The van der Waals surface area contributed by atoms with Gasteiger partial charge in [0.1, 0.15) is 124 Å². The molecule has 0 saturated heterocycles. The van der Waals surface area contributed by atoms with Gasteiger partial charge in [0.2, 0.25) is 0 Å². The number of hydrogen-bond donors (Lipinski definition) is 0. The van der Waals surface area contributed by atoms with Crippen LogP contribution in [-0.2, 0) is 0 Å². The Morgan fingerprint density at radius 1 is 0.373 bits per heavy atom. The number of para-hydroxylation sites is 3. The Kier molecular flexibility index (Phi) is 8.73. The molecule has 26 radical (unpaired) electrons. The van der Waals surface area contributed by atoms with Gasteiger partial charge in [-0.2, -0.15) is 0 Å². The Morgan fingerprint density at radius 2 is 0.915 bits per heavy atom. The molecule has 17 heteroatoms. The number of aromatic nitrogens is 1. The molecule has 3 heterocycles. The minimum Gasteiger partial charge on any atom is -0.456 e. The van der Waals surface area contributed by atoms with Crippen molar-refractivity contribution in [1.29, 1.82) is 0 Å². The van der Waals surface area contributed by atoms with Gasteiger partial charge in [0.15, 0.2) is 0 Å². The maximum absolute atomic E-state index is 7.34. The lowest BCUT2D eigenvalue weighted by Crippen LogP contribution is -2.48. The smallest absolute Gasteiger partial charge is 0.143 e. The summed E-state index contributed by atoms with van der Waals surface area (Å²) in [6.07, 6.45) is 0. The van der Waals surface area contributed by atoms with E-state index in [0.29, 0.717) is 37.5 Å². The van der Waals surface area contributed by atoms with E-state index in [9.17, 15) is 0 Å². The van der Waals surface area contributed by atoms with Crippen LogP contribution in [0.2, 0.25) is 0 Å². The van der Waals surface area contributed by atoms with Gasteiger partial charge in [-0.05, 0) is 17.7 Å². The third-order valence-corrected chi connectivity index (χ3v) is 12.4. The molecule has 0 amide bonds. The number of fused-ring (bicyclic) bond motifs is 9. The van der Waals surface area contributed by atoms with E-state index in [-0.39, 0.29) is 104 Å². The molecule has 0 fully saturated rings. The molecule has 10 aromatic rings. The Morgan fingerprint density at radius 3 is 1.64 bits per heavy atom. The maximum Gasteiger partial charge on any atom is 0.143 e. The van der Waals surface area contributed by atoms with Crippen LogP contribution in [0.3, 0.4) is 0 Å². The first kappa shape index (κ1) is 38.5. The molecular formula is C42H11B13BrNO2. The summed E-state index contributed by atoms with van der Waals surface area (Å²) in [4.78, 5) is 0. The molecule has 0 spiro atoms. The van der Waals surface area contributed by atoms with Crippen molar-refractivity contribution >= 4 is 255 Å². The van der Waals surface area contributed by atoms with Crippen molar-refractivity contribution in [3.63, 3.8) is 0 Å². The molecule has 3 aromatic heterocycles. The number of rotatable bonds is 3. The zero-order valence-corrected chi connectivity index (χ0v) is 32.6. The zero-order valence-electron chi connectivity index (χ0n) is 31.0. The van der Waals surface area contributed by atoms with Crippen LogP contribution in [0.25, 0.3) is 93.6 Å². The first-order valence-electron chi connectivity index (χ1n) is 18.1. The second-order valence-electron chi connectivity index (χ2n) is 14.5. The molecule has 0 saturated carbocycles. The van der Waals surface area contributed by atoms with Crippen LogP contribution in [0.5, 0.6) is 0 Å². The Hall–Kier alpha value is -4.74. The van der Waals surface area contributed by atoms with Crippen LogP contribution in [0.15, 0.2) is 80.0 Å². The number of benzene rings is 7. The Balaban J connectivity index is 1.39. The molecule has 0 bridgehead atoms. The van der Waals surface area contributed by atoms with Crippen LogP contribution in [-0.4, -0.2) is 107 Å². The first-order chi connectivity index (χ1) is 28.2. The van der Waals surface area contributed by atoms with Crippen molar-refractivity contribution in [2.24, 2.45) is 0 Å². The van der Waals surface area contributed by atoms with Crippen molar-refractivity contribution in [1.82, 2.24) is 4.57 Å². The Bertz CT molecular complexity index is 3570. The lowest BCUT2D eigenvalue weighted by atomic mass is 9.62. The fourth-order valence-corrected chi connectivity index (χ4v) is 9.06. The summed E-state index contributed by atoms with van der Waals surface area (Å²) in [7, 11) is 87.8. The van der Waals surface area contributed by atoms with Gasteiger partial charge in [-0.15, -0.1) is 16.4 Å². The highest BCUT2D eigenvalue weighted by molar-refractivity contribution is 9.10. The van der Waals surface area contributed by atoms with Gasteiger partial charge in [0.25, 0.3) is 0 Å². The topological polar surface area (TPSA) is 31.2 Å². The van der Waals surface area contributed by atoms with Crippen molar-refractivity contribution in [3.8, 4) is 27.9 Å². The van der Waals surface area contributed by atoms with E-state index >= 15 is 0 Å². The summed E-state index contributed by atoms with van der Waals surface area (Å²) in [5.74, 6) is 0. The molecule has 59 heavy (non-hydrogen) atoms. The third-order valence-electron chi connectivity index (χ3n) is 11.5. The average Bonchev–Trinajstić information content (AvgIpc) is 3.94. The highest BCUT2D eigenvalue weighted by atomic mass is 79.9. The van der Waals surface area contributed by atoms with Gasteiger partial charge in [0, 0.05) is 64.5 Å². The largest absolute Gasteiger partial charge is 0.456 e. The van der Waals surface area contributed by atoms with E-state index in [4.69, 9.17) is 111 Å². The summed E-state index contributed by atoms with van der Waals surface area (Å²) in [6.45, 7) is 0. The predicted molar refractivity (Wildman–Crippen MR) is 264 cm³/mol. The molecule has 0 atom stereocenters. The lowest BCUT2D eigenvalue weighted by molar-refractivity contribution is 0.670. The number of nitrogens with zero attached hydrogens (tertiary/aromatic N) is 1. The second-order valence-corrected chi connectivity index (χ2v) is 15.3. The van der Waals surface area contributed by atoms with Gasteiger partial charge < -0.3 is 13.4 Å². The Labute approximate surface area is 365 Å². The second kappa shape index (κ2) is 13.4. The normalized spacial score (nSPS) is 12.0. The van der Waals surface area contributed by atoms with E-state index in [1.54, 1.807) is 0 Å². The lowest BCUT2D eigenvalue weighted by Gasteiger charge is -2.23. The van der Waals surface area contributed by atoms with E-state index in [1.165, 1.54) is 0 Å². The number of furan rings is 2. The standard InChI is InChI=1S/C42H11B13BrNO2/c43-24-18(21-26(45)30(49)27(46)22-23-28(47)31(50)32(51)36(55)42(23)59-41(21)22)25(44)34(53)38-19(24)20-29(48)37(56)33(52)35(54)39(20)57(38)16-10-3-1-6-12(16)14-8-5-9-15-13-7-2-4-11-17(13)58-40(14)15/h1-11H. The van der Waals surface area contributed by atoms with Crippen LogP contribution in [0.1, 0.15) is 0 Å². The summed E-state index contributed by atoms with van der Waals surface area (Å²) in [5.41, 5.74) is 6.10. The molecule has 0 aliphatic heterocycles. The molecule has 0 aliphatic rings. The van der Waals surface area contributed by atoms with Crippen molar-refractivity contribution in [3.05, 3.63) is 71.2 Å². The monoisotopic (exact) mass is 783 g/mol. The van der Waals surface area contributed by atoms with Crippen LogP contribution in [0, 0.1) is 0 Å². The molecular weight excluding hydrogens is 771 g/mol. The quantitative estimate of drug-likeness (QED) is 0.179. The van der Waals surface area contributed by atoms with Crippen molar-refractivity contribution in [2.45, 2.75) is 0 Å². The van der Waals surface area contributed by atoms with Crippen molar-refractivity contribution < 1.29 is 8.83 Å².